The van der Waals surface area contributed by atoms with Crippen molar-refractivity contribution >= 4 is 48.5 Å². The normalized spacial score (nSPS) is 14.8. The number of benzene rings is 1. The third kappa shape index (κ3) is 5.45. The first-order valence-electron chi connectivity index (χ1n) is 11.7. The van der Waals surface area contributed by atoms with Crippen molar-refractivity contribution in [2.24, 2.45) is 10.3 Å². The average molecular weight is 549 g/mol. The number of nitrogens with one attached hydrogen (secondary N) is 3. The van der Waals surface area contributed by atoms with Crippen LogP contribution in [0.25, 0.3) is 11.0 Å². The van der Waals surface area contributed by atoms with Gasteiger partial charge in [0.25, 0.3) is 25.8 Å². The van der Waals surface area contributed by atoms with E-state index in [0.29, 0.717) is 19.4 Å². The molecule has 0 unspecified atom stereocenters. The van der Waals surface area contributed by atoms with Gasteiger partial charge in [0.05, 0.1) is 16.8 Å². The first-order valence-corrected chi connectivity index (χ1v) is 14.6. The van der Waals surface area contributed by atoms with Gasteiger partial charge in [-0.05, 0) is 49.1 Å². The first kappa shape index (κ1) is 26.6. The molecule has 12 nitrogen and oxygen atoms in total. The highest BCUT2D eigenvalue weighted by atomic mass is 32.2. The predicted octanol–water partition coefficient (Wildman–Crippen LogP) is 2.37. The van der Waals surface area contributed by atoms with Gasteiger partial charge in [-0.25, -0.2) is 4.98 Å². The minimum Gasteiger partial charge on any atom is -0.506 e. The Morgan fingerprint density at radius 2 is 1.97 bits per heavy atom. The fourth-order valence-corrected chi connectivity index (χ4v) is 5.96. The molecule has 0 bridgehead atoms. The maximum Gasteiger partial charge on any atom is 0.299 e. The van der Waals surface area contributed by atoms with E-state index in [1.54, 1.807) is 19.1 Å². The van der Waals surface area contributed by atoms with E-state index in [1.165, 1.54) is 22.9 Å². The van der Waals surface area contributed by atoms with E-state index in [1.807, 2.05) is 13.8 Å². The highest BCUT2D eigenvalue weighted by Crippen LogP contribution is 2.33. The number of amidine groups is 1. The summed E-state index contributed by atoms with van der Waals surface area (Å²) in [7, 11) is -8.26. The van der Waals surface area contributed by atoms with E-state index in [-0.39, 0.29) is 51.2 Å². The van der Waals surface area contributed by atoms with E-state index >= 15 is 0 Å². The summed E-state index contributed by atoms with van der Waals surface area (Å²) >= 11 is 0. The van der Waals surface area contributed by atoms with Crippen LogP contribution in [0.1, 0.15) is 39.2 Å². The largest absolute Gasteiger partial charge is 0.506 e. The van der Waals surface area contributed by atoms with E-state index in [2.05, 4.69) is 24.1 Å². The van der Waals surface area contributed by atoms with Crippen LogP contribution in [0, 0.1) is 5.92 Å². The molecule has 0 saturated heterocycles. The van der Waals surface area contributed by atoms with Gasteiger partial charge in [0.15, 0.2) is 5.84 Å². The summed E-state index contributed by atoms with van der Waals surface area (Å²) in [4.78, 5) is 17.5. The zero-order valence-corrected chi connectivity index (χ0v) is 22.1. The molecule has 14 heteroatoms. The molecule has 0 spiro atoms. The second kappa shape index (κ2) is 10.1. The molecule has 1 aliphatic heterocycles. The smallest absolute Gasteiger partial charge is 0.299 e. The zero-order valence-electron chi connectivity index (χ0n) is 20.5. The molecule has 2 aromatic heterocycles. The maximum absolute atomic E-state index is 13.5. The third-order valence-corrected chi connectivity index (χ3v) is 8.08. The van der Waals surface area contributed by atoms with Gasteiger partial charge in [-0.2, -0.15) is 21.6 Å². The molecule has 0 aliphatic carbocycles. The van der Waals surface area contributed by atoms with E-state index in [9.17, 15) is 26.7 Å². The van der Waals surface area contributed by atoms with Crippen molar-refractivity contribution in [1.82, 2.24) is 14.3 Å². The van der Waals surface area contributed by atoms with Crippen LogP contribution < -0.4 is 20.3 Å². The fourth-order valence-electron chi connectivity index (χ4n) is 3.83. The van der Waals surface area contributed by atoms with Gasteiger partial charge in [0.1, 0.15) is 21.9 Å². The van der Waals surface area contributed by atoms with Crippen LogP contribution in [0.15, 0.2) is 50.6 Å². The molecular weight excluding hydrogens is 520 g/mol. The number of aromatic nitrogens is 2. The fraction of sp³-hybridized carbons (Fsp3) is 0.348. The Bertz CT molecular complexity index is 1660. The van der Waals surface area contributed by atoms with Gasteiger partial charge in [-0.3, -0.25) is 14.1 Å². The molecular formula is C23H28N6O6S2. The van der Waals surface area contributed by atoms with Gasteiger partial charge < -0.3 is 10.4 Å². The quantitative estimate of drug-likeness (QED) is 0.315. The number of hydrogen-bond acceptors (Lipinski definition) is 8. The maximum atomic E-state index is 13.5. The van der Waals surface area contributed by atoms with Crippen molar-refractivity contribution in [3.8, 4) is 5.75 Å². The van der Waals surface area contributed by atoms with Crippen LogP contribution in [-0.4, -0.2) is 43.9 Å². The lowest BCUT2D eigenvalue weighted by atomic mass is 10.1. The van der Waals surface area contributed by atoms with Crippen LogP contribution in [0.4, 0.5) is 11.4 Å². The minimum absolute atomic E-state index is 0.0158. The Morgan fingerprint density at radius 3 is 2.68 bits per heavy atom. The molecule has 3 aromatic rings. The van der Waals surface area contributed by atoms with E-state index in [4.69, 9.17) is 0 Å². The summed E-state index contributed by atoms with van der Waals surface area (Å²) in [5.41, 5.74) is -0.564. The van der Waals surface area contributed by atoms with Crippen LogP contribution in [0.5, 0.6) is 5.75 Å². The van der Waals surface area contributed by atoms with Gasteiger partial charge in [-0.1, -0.05) is 20.8 Å². The molecule has 4 N–H and O–H groups in total. The number of aromatic hydroxyl groups is 1. The average Bonchev–Trinajstić information content (AvgIpc) is 2.82. The second-order valence-electron chi connectivity index (χ2n) is 8.99. The SMILES string of the molecule is CCCNS(=O)(=O)Nc1ccc2c(c1)S(=O)(=O)N=C(c1c(O)c3cccnc3n(CCC(C)C)c1=O)N2. The summed E-state index contributed by atoms with van der Waals surface area (Å²) in [6.45, 7) is 6.34. The molecule has 3 heterocycles. The Labute approximate surface area is 214 Å². The summed E-state index contributed by atoms with van der Waals surface area (Å²) in [6.07, 6.45) is 2.74. The lowest BCUT2D eigenvalue weighted by Gasteiger charge is -2.21. The second-order valence-corrected chi connectivity index (χ2v) is 12.1. The van der Waals surface area contributed by atoms with Gasteiger partial charge in [-0.15, -0.1) is 4.40 Å². The summed E-state index contributed by atoms with van der Waals surface area (Å²) < 4.78 is 60.3. The van der Waals surface area contributed by atoms with Crippen molar-refractivity contribution in [1.29, 1.82) is 0 Å². The molecule has 0 atom stereocenters. The molecule has 0 saturated carbocycles. The van der Waals surface area contributed by atoms with Crippen LogP contribution in [-0.2, 0) is 26.8 Å². The predicted molar refractivity (Wildman–Crippen MR) is 142 cm³/mol. The van der Waals surface area contributed by atoms with Crippen molar-refractivity contribution in [3.63, 3.8) is 0 Å². The van der Waals surface area contributed by atoms with Crippen molar-refractivity contribution in [2.75, 3.05) is 16.6 Å². The molecule has 198 valence electrons. The molecule has 0 radical (unpaired) electrons. The number of rotatable bonds is 9. The molecule has 4 rings (SSSR count). The lowest BCUT2D eigenvalue weighted by Crippen LogP contribution is -2.33. The number of nitrogens with zero attached hydrogens (tertiary/aromatic N) is 3. The molecule has 1 aliphatic rings. The standard InChI is InChI=1S/C23H28N6O6S2/c1-4-10-25-37(34,35)27-15-7-8-17-18(13-15)36(32,33)28-21(26-17)19-20(30)16-6-5-11-24-22(16)29(23(19)31)12-9-14(2)3/h5-8,11,13-14,25,27,30H,4,9-10,12H2,1-3H3,(H,26,28). The van der Waals surface area contributed by atoms with Crippen molar-refractivity contribution in [3.05, 3.63) is 52.4 Å². The summed E-state index contributed by atoms with van der Waals surface area (Å²) in [6, 6.07) is 7.05. The van der Waals surface area contributed by atoms with E-state index < -0.39 is 31.5 Å². The Hall–Kier alpha value is -3.49. The Kier molecular flexibility index (Phi) is 7.26. The number of fused-ring (bicyclic) bond motifs is 2. The lowest BCUT2D eigenvalue weighted by molar-refractivity contribution is 0.473. The molecule has 1 aromatic carbocycles. The summed E-state index contributed by atoms with van der Waals surface area (Å²) in [5, 5.41) is 14.1. The zero-order chi connectivity index (χ0) is 27.0. The van der Waals surface area contributed by atoms with Crippen molar-refractivity contribution in [2.45, 2.75) is 45.1 Å². The van der Waals surface area contributed by atoms with Gasteiger partial charge >= 0.3 is 0 Å². The number of sulfonamides is 1. The van der Waals surface area contributed by atoms with Crippen LogP contribution in [0.3, 0.4) is 0 Å². The highest BCUT2D eigenvalue weighted by molar-refractivity contribution is 7.91. The minimum atomic E-state index is -4.36. The van der Waals surface area contributed by atoms with Gasteiger partial charge in [0, 0.05) is 19.3 Å². The number of hydrogen-bond donors (Lipinski definition) is 4. The number of anilines is 2. The Morgan fingerprint density at radius 1 is 1.22 bits per heavy atom. The molecule has 37 heavy (non-hydrogen) atoms. The van der Waals surface area contributed by atoms with Crippen LogP contribution in [0.2, 0.25) is 0 Å². The van der Waals surface area contributed by atoms with Crippen LogP contribution >= 0.6 is 0 Å². The van der Waals surface area contributed by atoms with Crippen molar-refractivity contribution < 1.29 is 21.9 Å². The van der Waals surface area contributed by atoms with Gasteiger partial charge in [0.2, 0.25) is 0 Å². The Balaban J connectivity index is 1.80. The topological polar surface area (TPSA) is 172 Å². The number of aryl methyl sites for hydroxylation is 1. The third-order valence-electron chi connectivity index (χ3n) is 5.68. The number of pyridine rings is 2. The molecule has 0 amide bonds. The molecule has 0 fully saturated rings. The monoisotopic (exact) mass is 548 g/mol. The summed E-state index contributed by atoms with van der Waals surface area (Å²) in [5.74, 6) is -0.494. The first-order chi connectivity index (χ1) is 17.4. The highest BCUT2D eigenvalue weighted by Gasteiger charge is 2.30. The van der Waals surface area contributed by atoms with E-state index in [0.717, 1.165) is 6.07 Å².